The number of hydrogen-bond donors (Lipinski definition) is 2. The highest BCUT2D eigenvalue weighted by molar-refractivity contribution is 5.80. The van der Waals surface area contributed by atoms with Gasteiger partial charge in [-0.1, -0.05) is 38.5 Å². The molecule has 2 saturated heterocycles. The van der Waals surface area contributed by atoms with E-state index in [-0.39, 0.29) is 18.4 Å². The lowest BCUT2D eigenvalue weighted by molar-refractivity contribution is -0.144. The molecule has 3 atom stereocenters. The molecule has 0 aliphatic carbocycles. The molecule has 0 spiro atoms. The van der Waals surface area contributed by atoms with E-state index in [1.165, 1.54) is 0 Å². The van der Waals surface area contributed by atoms with Gasteiger partial charge in [-0.2, -0.15) is 0 Å². The van der Waals surface area contributed by atoms with Gasteiger partial charge < -0.3 is 24.7 Å². The van der Waals surface area contributed by atoms with Crippen molar-refractivity contribution in [1.82, 2.24) is 9.80 Å². The molecule has 184 valence electrons. The molecule has 2 heterocycles. The summed E-state index contributed by atoms with van der Waals surface area (Å²) in [6.07, 6.45) is 5.43. The topological polar surface area (TPSA) is 90.3 Å². The van der Waals surface area contributed by atoms with Crippen LogP contribution in [0.3, 0.4) is 0 Å². The van der Waals surface area contributed by atoms with Crippen molar-refractivity contribution in [3.8, 4) is 5.75 Å². The van der Waals surface area contributed by atoms with Gasteiger partial charge in [-0.05, 0) is 58.2 Å². The number of hydrogen-bond acceptors (Lipinski definition) is 5. The summed E-state index contributed by atoms with van der Waals surface area (Å²) >= 11 is 0. The summed E-state index contributed by atoms with van der Waals surface area (Å²) in [7, 11) is 2.13. The third kappa shape index (κ3) is 6.07. The summed E-state index contributed by atoms with van der Waals surface area (Å²) in [5.74, 6) is -0.456. The van der Waals surface area contributed by atoms with Gasteiger partial charge in [0, 0.05) is 24.7 Å². The predicted molar refractivity (Wildman–Crippen MR) is 127 cm³/mol. The maximum atomic E-state index is 13.4. The molecule has 0 aromatic heterocycles. The van der Waals surface area contributed by atoms with Gasteiger partial charge in [0.1, 0.15) is 5.75 Å². The molecule has 7 heteroatoms. The molecule has 0 saturated carbocycles. The minimum Gasteiger partial charge on any atom is -0.493 e. The van der Waals surface area contributed by atoms with Crippen LogP contribution in [0.4, 0.5) is 0 Å². The Morgan fingerprint density at radius 1 is 1.21 bits per heavy atom. The molecule has 2 fully saturated rings. The van der Waals surface area contributed by atoms with Gasteiger partial charge in [-0.25, -0.2) is 0 Å². The first-order valence-electron chi connectivity index (χ1n) is 12.4. The monoisotopic (exact) mass is 460 g/mol. The van der Waals surface area contributed by atoms with Crippen molar-refractivity contribution in [3.63, 3.8) is 0 Å². The molecule has 0 bridgehead atoms. The Morgan fingerprint density at radius 2 is 1.91 bits per heavy atom. The zero-order chi connectivity index (χ0) is 24.0. The SMILES string of the molecule is CCC[C@@H]1C(C(=O)N2CCC(O)(c3ccccc3OCCC(C)C(=O)O)CC2)CCCN1C. The first kappa shape index (κ1) is 25.5. The first-order valence-corrected chi connectivity index (χ1v) is 12.4. The maximum Gasteiger partial charge on any atom is 0.306 e. The largest absolute Gasteiger partial charge is 0.493 e. The summed E-state index contributed by atoms with van der Waals surface area (Å²) in [5.41, 5.74) is -0.334. The van der Waals surface area contributed by atoms with Crippen LogP contribution in [-0.4, -0.2) is 71.2 Å². The molecular formula is C26H40N2O5. The molecular weight excluding hydrogens is 420 g/mol. The van der Waals surface area contributed by atoms with E-state index in [1.54, 1.807) is 6.92 Å². The number of aliphatic carboxylic acids is 1. The van der Waals surface area contributed by atoms with Gasteiger partial charge in [-0.15, -0.1) is 0 Å². The summed E-state index contributed by atoms with van der Waals surface area (Å²) in [6.45, 7) is 6.22. The van der Waals surface area contributed by atoms with Crippen LogP contribution >= 0.6 is 0 Å². The molecule has 2 aliphatic heterocycles. The molecule has 2 aliphatic rings. The summed E-state index contributed by atoms with van der Waals surface area (Å²) in [5, 5.41) is 20.6. The Morgan fingerprint density at radius 3 is 2.58 bits per heavy atom. The quantitative estimate of drug-likeness (QED) is 0.586. The fourth-order valence-corrected chi connectivity index (χ4v) is 5.28. The first-order chi connectivity index (χ1) is 15.8. The molecule has 7 nitrogen and oxygen atoms in total. The van der Waals surface area contributed by atoms with E-state index < -0.39 is 17.5 Å². The fraction of sp³-hybridized carbons (Fsp3) is 0.692. The Balaban J connectivity index is 1.63. The Kier molecular flexibility index (Phi) is 8.76. The number of carbonyl (C=O) groups excluding carboxylic acids is 1. The molecule has 1 aromatic carbocycles. The van der Waals surface area contributed by atoms with E-state index in [0.717, 1.165) is 37.8 Å². The number of amides is 1. The number of piperidine rings is 2. The number of likely N-dealkylation sites (tertiary alicyclic amines) is 2. The lowest BCUT2D eigenvalue weighted by Gasteiger charge is -2.44. The van der Waals surface area contributed by atoms with Crippen molar-refractivity contribution in [2.24, 2.45) is 11.8 Å². The second-order valence-electron chi connectivity index (χ2n) is 9.81. The molecule has 1 amide bonds. The van der Waals surface area contributed by atoms with Crippen molar-refractivity contribution >= 4 is 11.9 Å². The van der Waals surface area contributed by atoms with Crippen LogP contribution in [0.1, 0.15) is 64.4 Å². The third-order valence-electron chi connectivity index (χ3n) is 7.48. The van der Waals surface area contributed by atoms with E-state index in [1.807, 2.05) is 29.2 Å². The van der Waals surface area contributed by atoms with E-state index in [2.05, 4.69) is 18.9 Å². The minimum absolute atomic E-state index is 0.0433. The van der Waals surface area contributed by atoms with Crippen LogP contribution in [0.15, 0.2) is 24.3 Å². The van der Waals surface area contributed by atoms with Crippen molar-refractivity contribution in [1.29, 1.82) is 0 Å². The van der Waals surface area contributed by atoms with Gasteiger partial charge in [0.25, 0.3) is 0 Å². The summed E-state index contributed by atoms with van der Waals surface area (Å²) in [6, 6.07) is 7.74. The third-order valence-corrected chi connectivity index (χ3v) is 7.48. The number of ether oxygens (including phenoxy) is 1. The number of benzene rings is 1. The highest BCUT2D eigenvalue weighted by atomic mass is 16.5. The van der Waals surface area contributed by atoms with Crippen LogP contribution in [0, 0.1) is 11.8 Å². The number of carboxylic acids is 1. The number of rotatable bonds is 9. The van der Waals surface area contributed by atoms with Crippen molar-refractivity contribution in [2.45, 2.75) is 70.4 Å². The van der Waals surface area contributed by atoms with E-state index in [9.17, 15) is 14.7 Å². The van der Waals surface area contributed by atoms with Gasteiger partial charge in [0.05, 0.1) is 24.0 Å². The van der Waals surface area contributed by atoms with E-state index >= 15 is 0 Å². The van der Waals surface area contributed by atoms with Crippen LogP contribution in [0.2, 0.25) is 0 Å². The summed E-state index contributed by atoms with van der Waals surface area (Å²) in [4.78, 5) is 28.7. The lowest BCUT2D eigenvalue weighted by Crippen LogP contribution is -2.53. The van der Waals surface area contributed by atoms with Crippen LogP contribution in [-0.2, 0) is 15.2 Å². The smallest absolute Gasteiger partial charge is 0.306 e. The minimum atomic E-state index is -1.06. The Labute approximate surface area is 197 Å². The van der Waals surface area contributed by atoms with Crippen LogP contribution in [0.25, 0.3) is 0 Å². The summed E-state index contributed by atoms with van der Waals surface area (Å²) < 4.78 is 5.89. The average Bonchev–Trinajstić information content (AvgIpc) is 2.80. The van der Waals surface area contributed by atoms with Crippen molar-refractivity contribution in [2.75, 3.05) is 33.3 Å². The number of para-hydroxylation sites is 1. The normalized spacial score (nSPS) is 24.3. The van der Waals surface area contributed by atoms with Crippen molar-refractivity contribution in [3.05, 3.63) is 29.8 Å². The number of carboxylic acid groups (broad SMARTS) is 1. The molecule has 0 radical (unpaired) electrons. The Hall–Kier alpha value is -2.12. The standard InChI is InChI=1S/C26H40N2O5/c1-4-8-22-20(9-7-15-27(22)3)24(29)28-16-13-26(32,14-17-28)21-10-5-6-11-23(21)33-18-12-19(2)25(30)31/h5-6,10-11,19-20,22,32H,4,7-9,12-18H2,1-3H3,(H,30,31)/t19?,20?,22-/m1/s1. The highest BCUT2D eigenvalue weighted by Gasteiger charge is 2.41. The van der Waals surface area contributed by atoms with Crippen LogP contribution in [0.5, 0.6) is 5.75 Å². The molecule has 1 aromatic rings. The van der Waals surface area contributed by atoms with E-state index in [0.29, 0.717) is 44.1 Å². The lowest BCUT2D eigenvalue weighted by atomic mass is 9.82. The zero-order valence-corrected chi connectivity index (χ0v) is 20.3. The molecule has 2 N–H and O–H groups in total. The second-order valence-corrected chi connectivity index (χ2v) is 9.81. The zero-order valence-electron chi connectivity index (χ0n) is 20.3. The average molecular weight is 461 g/mol. The predicted octanol–water partition coefficient (Wildman–Crippen LogP) is 3.50. The van der Waals surface area contributed by atoms with Gasteiger partial charge >= 0.3 is 5.97 Å². The number of nitrogens with zero attached hydrogens (tertiary/aromatic N) is 2. The maximum absolute atomic E-state index is 13.4. The molecule has 3 rings (SSSR count). The Bertz CT molecular complexity index is 806. The molecule has 2 unspecified atom stereocenters. The second kappa shape index (κ2) is 11.3. The number of aliphatic hydroxyl groups is 1. The van der Waals surface area contributed by atoms with Crippen molar-refractivity contribution < 1.29 is 24.5 Å². The number of carbonyl (C=O) groups is 2. The molecule has 33 heavy (non-hydrogen) atoms. The van der Waals surface area contributed by atoms with Crippen LogP contribution < -0.4 is 4.74 Å². The van der Waals surface area contributed by atoms with Gasteiger partial charge in [0.2, 0.25) is 5.91 Å². The highest BCUT2D eigenvalue weighted by Crippen LogP contribution is 2.39. The van der Waals surface area contributed by atoms with Gasteiger partial charge in [0.15, 0.2) is 0 Å². The van der Waals surface area contributed by atoms with Gasteiger partial charge in [-0.3, -0.25) is 9.59 Å². The van der Waals surface area contributed by atoms with E-state index in [4.69, 9.17) is 9.84 Å². The fourth-order valence-electron chi connectivity index (χ4n) is 5.28.